The summed E-state index contributed by atoms with van der Waals surface area (Å²) < 4.78 is 0. The van der Waals surface area contributed by atoms with Gasteiger partial charge in [0, 0.05) is 24.5 Å². The molecule has 0 fully saturated rings. The van der Waals surface area contributed by atoms with Crippen molar-refractivity contribution in [2.75, 3.05) is 11.9 Å². The Morgan fingerprint density at radius 3 is 2.42 bits per heavy atom. The van der Waals surface area contributed by atoms with Crippen LogP contribution in [0.2, 0.25) is 0 Å². The Morgan fingerprint density at radius 1 is 1.16 bits per heavy atom. The first kappa shape index (κ1) is 13.6. The molecule has 2 aromatic rings. The standard InChI is InChI=1S/C16H21N3/c1-12-5-4-6-15(18-12)11-19(3)16-9-7-14(8-10-16)13(2)17/h4-10,13H,11,17H2,1-3H3/t13-/m1/s1. The van der Waals surface area contributed by atoms with Gasteiger partial charge in [-0.05, 0) is 43.7 Å². The summed E-state index contributed by atoms with van der Waals surface area (Å²) in [7, 11) is 2.07. The molecule has 0 saturated carbocycles. The quantitative estimate of drug-likeness (QED) is 0.913. The first-order valence-corrected chi connectivity index (χ1v) is 6.55. The van der Waals surface area contributed by atoms with Crippen LogP contribution in [0.5, 0.6) is 0 Å². The maximum atomic E-state index is 5.86. The highest BCUT2D eigenvalue weighted by molar-refractivity contribution is 5.47. The van der Waals surface area contributed by atoms with E-state index in [1.54, 1.807) is 0 Å². The normalized spacial score (nSPS) is 12.2. The van der Waals surface area contributed by atoms with Crippen LogP contribution in [-0.2, 0) is 6.54 Å². The van der Waals surface area contributed by atoms with E-state index in [0.29, 0.717) is 0 Å². The fourth-order valence-electron chi connectivity index (χ4n) is 2.05. The largest absolute Gasteiger partial charge is 0.369 e. The van der Waals surface area contributed by atoms with Crippen molar-refractivity contribution in [3.8, 4) is 0 Å². The Balaban J connectivity index is 2.09. The van der Waals surface area contributed by atoms with Crippen LogP contribution < -0.4 is 10.6 Å². The molecule has 1 heterocycles. The van der Waals surface area contributed by atoms with Crippen molar-refractivity contribution in [1.82, 2.24) is 4.98 Å². The molecule has 2 rings (SSSR count). The van der Waals surface area contributed by atoms with Crippen molar-refractivity contribution < 1.29 is 0 Å². The molecule has 1 atom stereocenters. The number of hydrogen-bond acceptors (Lipinski definition) is 3. The molecule has 2 N–H and O–H groups in total. The molecule has 0 unspecified atom stereocenters. The molecule has 0 aliphatic carbocycles. The van der Waals surface area contributed by atoms with Gasteiger partial charge >= 0.3 is 0 Å². The lowest BCUT2D eigenvalue weighted by Gasteiger charge is -2.19. The highest BCUT2D eigenvalue weighted by Gasteiger charge is 2.05. The number of pyridine rings is 1. The first-order chi connectivity index (χ1) is 9.06. The fraction of sp³-hybridized carbons (Fsp3) is 0.312. The summed E-state index contributed by atoms with van der Waals surface area (Å²) in [5.41, 5.74) is 10.3. The van der Waals surface area contributed by atoms with Crippen molar-refractivity contribution in [2.45, 2.75) is 26.4 Å². The van der Waals surface area contributed by atoms with E-state index in [2.05, 4.69) is 47.3 Å². The summed E-state index contributed by atoms with van der Waals surface area (Å²) in [6, 6.07) is 14.6. The molecule has 0 aliphatic rings. The molecule has 1 aromatic carbocycles. The smallest absolute Gasteiger partial charge is 0.0600 e. The van der Waals surface area contributed by atoms with E-state index in [9.17, 15) is 0 Å². The predicted molar refractivity (Wildman–Crippen MR) is 80.1 cm³/mol. The minimum atomic E-state index is 0.0813. The van der Waals surface area contributed by atoms with Gasteiger partial charge in [0.2, 0.25) is 0 Å². The zero-order valence-corrected chi connectivity index (χ0v) is 11.8. The van der Waals surface area contributed by atoms with Crippen molar-refractivity contribution in [2.24, 2.45) is 5.73 Å². The highest BCUT2D eigenvalue weighted by atomic mass is 15.1. The second kappa shape index (κ2) is 5.85. The Kier molecular flexibility index (Phi) is 4.17. The van der Waals surface area contributed by atoms with Gasteiger partial charge in [0.1, 0.15) is 0 Å². The molecule has 0 amide bonds. The molecule has 100 valence electrons. The zero-order chi connectivity index (χ0) is 13.8. The van der Waals surface area contributed by atoms with Gasteiger partial charge in [-0.1, -0.05) is 18.2 Å². The lowest BCUT2D eigenvalue weighted by atomic mass is 10.1. The number of rotatable bonds is 4. The highest BCUT2D eigenvalue weighted by Crippen LogP contribution is 2.18. The number of aryl methyl sites for hydroxylation is 1. The monoisotopic (exact) mass is 255 g/mol. The van der Waals surface area contributed by atoms with Gasteiger partial charge in [-0.25, -0.2) is 0 Å². The number of benzene rings is 1. The topological polar surface area (TPSA) is 42.1 Å². The third kappa shape index (κ3) is 3.55. The van der Waals surface area contributed by atoms with Crippen LogP contribution in [0, 0.1) is 6.92 Å². The van der Waals surface area contributed by atoms with E-state index < -0.39 is 0 Å². The van der Waals surface area contributed by atoms with E-state index in [1.165, 1.54) is 5.69 Å². The minimum absolute atomic E-state index is 0.0813. The summed E-state index contributed by atoms with van der Waals surface area (Å²) in [4.78, 5) is 6.71. The van der Waals surface area contributed by atoms with Crippen LogP contribution in [0.1, 0.15) is 29.9 Å². The number of nitrogens with zero attached hydrogens (tertiary/aromatic N) is 2. The van der Waals surface area contributed by atoms with Gasteiger partial charge in [-0.15, -0.1) is 0 Å². The number of aromatic nitrogens is 1. The zero-order valence-electron chi connectivity index (χ0n) is 11.8. The second-order valence-corrected chi connectivity index (χ2v) is 5.01. The number of anilines is 1. The minimum Gasteiger partial charge on any atom is -0.369 e. The average Bonchev–Trinajstić information content (AvgIpc) is 2.39. The molecule has 0 radical (unpaired) electrons. The van der Waals surface area contributed by atoms with E-state index in [0.717, 1.165) is 23.5 Å². The fourth-order valence-corrected chi connectivity index (χ4v) is 2.05. The van der Waals surface area contributed by atoms with E-state index >= 15 is 0 Å². The molecule has 19 heavy (non-hydrogen) atoms. The van der Waals surface area contributed by atoms with E-state index in [-0.39, 0.29) is 6.04 Å². The third-order valence-corrected chi connectivity index (χ3v) is 3.20. The lowest BCUT2D eigenvalue weighted by molar-refractivity contribution is 0.816. The third-order valence-electron chi connectivity index (χ3n) is 3.20. The van der Waals surface area contributed by atoms with Crippen LogP contribution >= 0.6 is 0 Å². The maximum Gasteiger partial charge on any atom is 0.0600 e. The maximum absolute atomic E-state index is 5.86. The van der Waals surface area contributed by atoms with Gasteiger partial charge in [0.15, 0.2) is 0 Å². The van der Waals surface area contributed by atoms with Crippen molar-refractivity contribution in [3.05, 3.63) is 59.4 Å². The molecule has 0 spiro atoms. The van der Waals surface area contributed by atoms with E-state index in [1.807, 2.05) is 26.0 Å². The average molecular weight is 255 g/mol. The van der Waals surface area contributed by atoms with Crippen molar-refractivity contribution >= 4 is 5.69 Å². The summed E-state index contributed by atoms with van der Waals surface area (Å²) in [6.07, 6.45) is 0. The summed E-state index contributed by atoms with van der Waals surface area (Å²) >= 11 is 0. The Morgan fingerprint density at radius 2 is 1.84 bits per heavy atom. The van der Waals surface area contributed by atoms with Crippen LogP contribution in [0.25, 0.3) is 0 Å². The van der Waals surface area contributed by atoms with Gasteiger partial charge in [0.25, 0.3) is 0 Å². The van der Waals surface area contributed by atoms with Gasteiger partial charge in [-0.2, -0.15) is 0 Å². The lowest BCUT2D eigenvalue weighted by Crippen LogP contribution is -2.17. The Hall–Kier alpha value is -1.87. The van der Waals surface area contributed by atoms with Gasteiger partial charge < -0.3 is 10.6 Å². The van der Waals surface area contributed by atoms with Crippen LogP contribution in [-0.4, -0.2) is 12.0 Å². The SMILES string of the molecule is Cc1cccc(CN(C)c2ccc([C@@H](C)N)cc2)n1. The molecule has 3 heteroatoms. The summed E-state index contributed by atoms with van der Waals surface area (Å²) in [6.45, 7) is 4.82. The summed E-state index contributed by atoms with van der Waals surface area (Å²) in [5.74, 6) is 0. The van der Waals surface area contributed by atoms with Crippen LogP contribution in [0.15, 0.2) is 42.5 Å². The molecule has 1 aromatic heterocycles. The van der Waals surface area contributed by atoms with Gasteiger partial charge in [-0.3, -0.25) is 4.98 Å². The van der Waals surface area contributed by atoms with Crippen molar-refractivity contribution in [1.29, 1.82) is 0 Å². The van der Waals surface area contributed by atoms with Crippen LogP contribution in [0.4, 0.5) is 5.69 Å². The Labute approximate surface area is 115 Å². The molecule has 0 saturated heterocycles. The Bertz CT molecular complexity index is 532. The van der Waals surface area contributed by atoms with Gasteiger partial charge in [0.05, 0.1) is 12.2 Å². The molecular weight excluding hydrogens is 234 g/mol. The van der Waals surface area contributed by atoms with E-state index in [4.69, 9.17) is 5.73 Å². The number of hydrogen-bond donors (Lipinski definition) is 1. The molecular formula is C16H21N3. The number of nitrogens with two attached hydrogens (primary N) is 1. The molecule has 0 aliphatic heterocycles. The van der Waals surface area contributed by atoms with Crippen LogP contribution in [0.3, 0.4) is 0 Å². The molecule has 0 bridgehead atoms. The predicted octanol–water partition coefficient (Wildman–Crippen LogP) is 3.05. The first-order valence-electron chi connectivity index (χ1n) is 6.55. The summed E-state index contributed by atoms with van der Waals surface area (Å²) in [5, 5.41) is 0. The molecule has 3 nitrogen and oxygen atoms in total. The van der Waals surface area contributed by atoms with Crippen molar-refractivity contribution in [3.63, 3.8) is 0 Å². The second-order valence-electron chi connectivity index (χ2n) is 5.01.